The lowest BCUT2D eigenvalue weighted by atomic mass is 9.96. The highest BCUT2D eigenvalue weighted by atomic mass is 16.3. The van der Waals surface area contributed by atoms with E-state index < -0.39 is 0 Å². The van der Waals surface area contributed by atoms with Crippen LogP contribution in [0, 0.1) is 0 Å². The van der Waals surface area contributed by atoms with Crippen LogP contribution >= 0.6 is 0 Å². The fourth-order valence-electron chi connectivity index (χ4n) is 7.82. The molecule has 0 aliphatic rings. The van der Waals surface area contributed by atoms with Gasteiger partial charge in [0.25, 0.3) is 0 Å². The Hall–Kier alpha value is -7.16. The van der Waals surface area contributed by atoms with E-state index in [0.29, 0.717) is 0 Å². The van der Waals surface area contributed by atoms with Crippen LogP contribution < -0.4 is 4.90 Å². The van der Waals surface area contributed by atoms with Crippen molar-refractivity contribution in [3.63, 3.8) is 0 Å². The van der Waals surface area contributed by atoms with Crippen molar-refractivity contribution in [3.05, 3.63) is 212 Å². The van der Waals surface area contributed by atoms with Gasteiger partial charge in [0.15, 0.2) is 0 Å². The molecule has 9 aromatic carbocycles. The second-order valence-electron chi connectivity index (χ2n) is 13.7. The van der Waals surface area contributed by atoms with Crippen LogP contribution in [0.3, 0.4) is 0 Å². The molecule has 0 aliphatic carbocycles. The lowest BCUT2D eigenvalue weighted by Gasteiger charge is -2.27. The highest BCUT2D eigenvalue weighted by Gasteiger charge is 2.17. The maximum absolute atomic E-state index is 6.69. The molecule has 0 atom stereocenters. The molecule has 0 spiro atoms. The molecular formula is C52H35NO. The minimum atomic E-state index is 0.917. The van der Waals surface area contributed by atoms with Crippen molar-refractivity contribution >= 4 is 49.8 Å². The highest BCUT2D eigenvalue weighted by molar-refractivity contribution is 6.13. The van der Waals surface area contributed by atoms with Gasteiger partial charge in [-0.3, -0.25) is 0 Å². The Morgan fingerprint density at radius 2 is 0.741 bits per heavy atom. The zero-order valence-electron chi connectivity index (χ0n) is 29.6. The minimum Gasteiger partial charge on any atom is -0.455 e. The molecule has 54 heavy (non-hydrogen) atoms. The Bertz CT molecular complexity index is 2900. The molecular weight excluding hydrogens is 655 g/mol. The summed E-state index contributed by atoms with van der Waals surface area (Å²) < 4.78 is 6.69. The lowest BCUT2D eigenvalue weighted by Crippen LogP contribution is -2.10. The van der Waals surface area contributed by atoms with Gasteiger partial charge in [0.1, 0.15) is 11.2 Å². The molecule has 1 heterocycles. The number of benzene rings is 9. The third kappa shape index (κ3) is 5.62. The van der Waals surface area contributed by atoms with Crippen molar-refractivity contribution in [2.75, 3.05) is 4.90 Å². The number of anilines is 3. The maximum Gasteiger partial charge on any atom is 0.143 e. The Morgan fingerprint density at radius 3 is 1.41 bits per heavy atom. The first-order valence-corrected chi connectivity index (χ1v) is 18.4. The fourth-order valence-corrected chi connectivity index (χ4v) is 7.82. The smallest absolute Gasteiger partial charge is 0.143 e. The molecule has 0 saturated heterocycles. The van der Waals surface area contributed by atoms with Crippen LogP contribution in [0.5, 0.6) is 0 Å². The minimum absolute atomic E-state index is 0.917. The van der Waals surface area contributed by atoms with Crippen LogP contribution in [0.2, 0.25) is 0 Å². The molecule has 10 rings (SSSR count). The van der Waals surface area contributed by atoms with Crippen molar-refractivity contribution in [3.8, 4) is 44.5 Å². The third-order valence-electron chi connectivity index (χ3n) is 10.5. The Labute approximate surface area is 314 Å². The molecule has 0 saturated carbocycles. The molecule has 254 valence electrons. The number of hydrogen-bond acceptors (Lipinski definition) is 2. The molecule has 0 aliphatic heterocycles. The van der Waals surface area contributed by atoms with E-state index in [9.17, 15) is 0 Å². The molecule has 10 aromatic rings. The van der Waals surface area contributed by atoms with Gasteiger partial charge in [-0.15, -0.1) is 0 Å². The number of furan rings is 1. The van der Waals surface area contributed by atoms with Gasteiger partial charge in [0.05, 0.1) is 5.69 Å². The summed E-state index contributed by atoms with van der Waals surface area (Å²) in [7, 11) is 0. The predicted octanol–water partition coefficient (Wildman–Crippen LogP) is 14.9. The summed E-state index contributed by atoms with van der Waals surface area (Å²) in [6, 6.07) is 75.6. The van der Waals surface area contributed by atoms with Gasteiger partial charge in [-0.1, -0.05) is 176 Å². The predicted molar refractivity (Wildman–Crippen MR) is 228 cm³/mol. The molecule has 0 unspecified atom stereocenters. The summed E-state index contributed by atoms with van der Waals surface area (Å²) in [5, 5.41) is 4.71. The van der Waals surface area contributed by atoms with Gasteiger partial charge in [-0.2, -0.15) is 0 Å². The molecule has 2 heteroatoms. The van der Waals surface area contributed by atoms with E-state index in [-0.39, 0.29) is 0 Å². The van der Waals surface area contributed by atoms with Crippen LogP contribution in [0.15, 0.2) is 217 Å². The van der Waals surface area contributed by atoms with Crippen molar-refractivity contribution in [1.29, 1.82) is 0 Å². The molecule has 0 radical (unpaired) electrons. The van der Waals surface area contributed by atoms with Gasteiger partial charge < -0.3 is 9.32 Å². The summed E-state index contributed by atoms with van der Waals surface area (Å²) in [4.78, 5) is 2.35. The van der Waals surface area contributed by atoms with E-state index >= 15 is 0 Å². The van der Waals surface area contributed by atoms with Gasteiger partial charge in [0, 0.05) is 38.7 Å². The van der Waals surface area contributed by atoms with Crippen LogP contribution in [0.1, 0.15) is 0 Å². The van der Waals surface area contributed by atoms with Gasteiger partial charge >= 0.3 is 0 Å². The number of para-hydroxylation sites is 3. The number of nitrogens with zero attached hydrogens (tertiary/aromatic N) is 1. The van der Waals surface area contributed by atoms with E-state index in [0.717, 1.165) is 61.3 Å². The summed E-state index contributed by atoms with van der Waals surface area (Å²) >= 11 is 0. The molecule has 0 amide bonds. The van der Waals surface area contributed by atoms with E-state index in [1.165, 1.54) is 33.0 Å². The number of hydrogen-bond donors (Lipinski definition) is 0. The van der Waals surface area contributed by atoms with Gasteiger partial charge in [-0.25, -0.2) is 0 Å². The first-order valence-electron chi connectivity index (χ1n) is 18.4. The summed E-state index contributed by atoms with van der Waals surface area (Å²) in [5.41, 5.74) is 14.4. The molecule has 0 N–H and O–H groups in total. The lowest BCUT2D eigenvalue weighted by molar-refractivity contribution is 0.671. The first kappa shape index (κ1) is 31.6. The largest absolute Gasteiger partial charge is 0.455 e. The van der Waals surface area contributed by atoms with Crippen LogP contribution in [-0.4, -0.2) is 0 Å². The average molecular weight is 690 g/mol. The Kier molecular flexibility index (Phi) is 7.85. The second-order valence-corrected chi connectivity index (χ2v) is 13.7. The summed E-state index contributed by atoms with van der Waals surface area (Å²) in [6.45, 7) is 0. The zero-order chi connectivity index (χ0) is 35.8. The van der Waals surface area contributed by atoms with Crippen LogP contribution in [0.4, 0.5) is 17.1 Å². The van der Waals surface area contributed by atoms with E-state index in [4.69, 9.17) is 4.42 Å². The molecule has 0 fully saturated rings. The second kappa shape index (κ2) is 13.4. The van der Waals surface area contributed by atoms with Crippen LogP contribution in [0.25, 0.3) is 77.2 Å². The summed E-state index contributed by atoms with van der Waals surface area (Å²) in [5.74, 6) is 0. The highest BCUT2D eigenvalue weighted by Crippen LogP contribution is 2.42. The van der Waals surface area contributed by atoms with Crippen molar-refractivity contribution in [2.45, 2.75) is 0 Å². The number of rotatable bonds is 7. The standard InChI is InChI=1S/C52H35NO/c1-3-13-39(14-4-1)46-22-11-24-48-49-25-12-23-47(52(49)54-51(46)48)40-29-27-36(28-30-40)41-17-9-18-42(35-41)37-31-33-44(34-32-37)53(43-19-5-2-6-20-43)50-26-10-16-38-15-7-8-21-45(38)50/h1-35H. The van der Waals surface area contributed by atoms with E-state index in [2.05, 4.69) is 211 Å². The Morgan fingerprint density at radius 1 is 0.296 bits per heavy atom. The molecule has 0 bridgehead atoms. The zero-order valence-corrected chi connectivity index (χ0v) is 29.6. The normalized spacial score (nSPS) is 11.3. The topological polar surface area (TPSA) is 16.4 Å². The number of fused-ring (bicyclic) bond motifs is 4. The first-order chi connectivity index (χ1) is 26.8. The van der Waals surface area contributed by atoms with Crippen LogP contribution in [-0.2, 0) is 0 Å². The quantitative estimate of drug-likeness (QED) is 0.166. The van der Waals surface area contributed by atoms with E-state index in [1.54, 1.807) is 0 Å². The van der Waals surface area contributed by atoms with E-state index in [1.807, 2.05) is 6.07 Å². The Balaban J connectivity index is 0.963. The fraction of sp³-hybridized carbons (Fsp3) is 0. The average Bonchev–Trinajstić information content (AvgIpc) is 3.64. The van der Waals surface area contributed by atoms with Crippen molar-refractivity contribution < 1.29 is 4.42 Å². The molecule has 1 aromatic heterocycles. The van der Waals surface area contributed by atoms with Gasteiger partial charge in [0.2, 0.25) is 0 Å². The third-order valence-corrected chi connectivity index (χ3v) is 10.5. The SMILES string of the molecule is c1ccc(-c2cccc3c2oc2c(-c4ccc(-c5cccc(-c6ccc(N(c7ccccc7)c7cccc8ccccc78)cc6)c5)cc4)cccc23)cc1. The van der Waals surface area contributed by atoms with Crippen molar-refractivity contribution in [2.24, 2.45) is 0 Å². The van der Waals surface area contributed by atoms with Crippen molar-refractivity contribution in [1.82, 2.24) is 0 Å². The monoisotopic (exact) mass is 689 g/mol. The molecule has 2 nitrogen and oxygen atoms in total. The summed E-state index contributed by atoms with van der Waals surface area (Å²) in [6.07, 6.45) is 0. The maximum atomic E-state index is 6.69. The van der Waals surface area contributed by atoms with Gasteiger partial charge in [-0.05, 0) is 75.2 Å².